The Labute approximate surface area is 153 Å². The summed E-state index contributed by atoms with van der Waals surface area (Å²) in [6.45, 7) is 1.30. The SMILES string of the molecule is CC(O)[C@H]1OC(S/C(C[C@@H](O)C=S)=N/OS(=O)(=O)O)[C@H](O)[C@@H](O)[C@@H]1O. The van der Waals surface area contributed by atoms with E-state index in [2.05, 4.69) is 21.7 Å². The van der Waals surface area contributed by atoms with Gasteiger partial charge in [-0.2, -0.15) is 8.42 Å². The molecule has 0 aliphatic carbocycles. The molecule has 1 aliphatic rings. The minimum absolute atomic E-state index is 0.247. The van der Waals surface area contributed by atoms with Gasteiger partial charge in [-0.15, -0.1) is 0 Å². The lowest BCUT2D eigenvalue weighted by atomic mass is 9.97. The summed E-state index contributed by atoms with van der Waals surface area (Å²) in [7, 11) is -4.91. The van der Waals surface area contributed by atoms with E-state index < -0.39 is 52.5 Å². The lowest BCUT2D eigenvalue weighted by molar-refractivity contribution is -0.218. The largest absolute Gasteiger partial charge is 0.466 e. The van der Waals surface area contributed by atoms with Gasteiger partial charge in [0.05, 0.1) is 12.2 Å². The van der Waals surface area contributed by atoms with E-state index in [0.29, 0.717) is 11.8 Å². The van der Waals surface area contributed by atoms with Gasteiger partial charge in [0.1, 0.15) is 34.9 Å². The maximum Gasteiger partial charge on any atom is 0.466 e. The van der Waals surface area contributed by atoms with E-state index in [1.54, 1.807) is 0 Å². The zero-order chi connectivity index (χ0) is 19.4. The van der Waals surface area contributed by atoms with Crippen LogP contribution in [0.1, 0.15) is 13.3 Å². The van der Waals surface area contributed by atoms with E-state index in [1.807, 2.05) is 0 Å². The summed E-state index contributed by atoms with van der Waals surface area (Å²) >= 11 is 5.08. The standard InChI is InChI=1S/C11H19NO10S3/c1-4(13)10-8(16)7(15)9(17)11(21-10)24-6(2-5(14)3-23)12-22-25(18,19)20/h3-5,7-11,13-17H,2H2,1H3,(H,18,19,20)/b12-6+/t4?,5-,7+,8+,9-,10-,11?/m1/s1. The van der Waals surface area contributed by atoms with Crippen LogP contribution in [-0.4, -0.2) is 91.0 Å². The van der Waals surface area contributed by atoms with Crippen LogP contribution in [0.4, 0.5) is 0 Å². The van der Waals surface area contributed by atoms with Gasteiger partial charge < -0.3 is 30.3 Å². The monoisotopic (exact) mass is 421 g/mol. The van der Waals surface area contributed by atoms with Crippen molar-refractivity contribution in [1.82, 2.24) is 0 Å². The van der Waals surface area contributed by atoms with Gasteiger partial charge in [-0.25, -0.2) is 4.28 Å². The molecule has 1 aliphatic heterocycles. The minimum Gasteiger partial charge on any atom is -0.391 e. The zero-order valence-electron chi connectivity index (χ0n) is 12.8. The zero-order valence-corrected chi connectivity index (χ0v) is 15.3. The van der Waals surface area contributed by atoms with Gasteiger partial charge in [0.2, 0.25) is 0 Å². The summed E-state index contributed by atoms with van der Waals surface area (Å²) in [5.74, 6) is 0. The maximum absolute atomic E-state index is 10.6. The summed E-state index contributed by atoms with van der Waals surface area (Å²) in [4.78, 5) is 0. The number of thiocarbonyl (C=S) groups is 1. The maximum atomic E-state index is 10.6. The number of ether oxygens (including phenoxy) is 1. The average molecular weight is 421 g/mol. The van der Waals surface area contributed by atoms with Crippen molar-refractivity contribution in [2.75, 3.05) is 0 Å². The van der Waals surface area contributed by atoms with Crippen LogP contribution in [0.15, 0.2) is 5.16 Å². The molecular formula is C11H19NO10S3. The first-order chi connectivity index (χ1) is 11.5. The highest BCUT2D eigenvalue weighted by Crippen LogP contribution is 2.31. The fourth-order valence-corrected chi connectivity index (χ4v) is 3.35. The van der Waals surface area contributed by atoms with Gasteiger partial charge >= 0.3 is 10.4 Å². The van der Waals surface area contributed by atoms with Crippen LogP contribution < -0.4 is 0 Å². The molecule has 0 spiro atoms. The fourth-order valence-electron chi connectivity index (χ4n) is 1.93. The summed E-state index contributed by atoms with van der Waals surface area (Å²) in [6.07, 6.45) is -8.85. The lowest BCUT2D eigenvalue weighted by Crippen LogP contribution is -2.59. The van der Waals surface area contributed by atoms with E-state index in [4.69, 9.17) is 9.29 Å². The average Bonchev–Trinajstić information content (AvgIpc) is 2.51. The molecule has 146 valence electrons. The second kappa shape index (κ2) is 9.50. The van der Waals surface area contributed by atoms with Crippen molar-refractivity contribution >= 4 is 44.8 Å². The van der Waals surface area contributed by atoms with E-state index in [0.717, 1.165) is 5.37 Å². The number of rotatable bonds is 7. The number of aliphatic hydroxyl groups excluding tert-OH is 5. The van der Waals surface area contributed by atoms with Crippen LogP contribution >= 0.6 is 24.0 Å². The predicted octanol–water partition coefficient (Wildman–Crippen LogP) is -2.21. The van der Waals surface area contributed by atoms with Crippen LogP contribution in [0.25, 0.3) is 0 Å². The molecule has 0 aromatic heterocycles. The van der Waals surface area contributed by atoms with Crippen LogP contribution in [0, 0.1) is 0 Å². The van der Waals surface area contributed by atoms with E-state index >= 15 is 0 Å². The van der Waals surface area contributed by atoms with E-state index in [9.17, 15) is 34.0 Å². The lowest BCUT2D eigenvalue weighted by Gasteiger charge is -2.41. The molecule has 25 heavy (non-hydrogen) atoms. The minimum atomic E-state index is -4.91. The quantitative estimate of drug-likeness (QED) is 0.0857. The molecule has 7 atom stereocenters. The Morgan fingerprint density at radius 1 is 1.32 bits per heavy atom. The highest BCUT2D eigenvalue weighted by Gasteiger charge is 2.46. The van der Waals surface area contributed by atoms with Crippen LogP contribution in [0.2, 0.25) is 0 Å². The van der Waals surface area contributed by atoms with Gasteiger partial charge in [-0.1, -0.05) is 29.1 Å². The third-order valence-corrected chi connectivity index (χ3v) is 4.82. The first-order valence-electron chi connectivity index (χ1n) is 6.87. The highest BCUT2D eigenvalue weighted by molar-refractivity contribution is 8.14. The molecule has 0 aromatic rings. The Morgan fingerprint density at radius 3 is 2.40 bits per heavy atom. The third-order valence-electron chi connectivity index (χ3n) is 3.11. The van der Waals surface area contributed by atoms with Crippen LogP contribution in [0.5, 0.6) is 0 Å². The fraction of sp³-hybridized carbons (Fsp3) is 0.818. The van der Waals surface area contributed by atoms with Crippen molar-refractivity contribution in [3.05, 3.63) is 0 Å². The van der Waals surface area contributed by atoms with E-state index in [-0.39, 0.29) is 11.5 Å². The molecular weight excluding hydrogens is 402 g/mol. The molecule has 0 amide bonds. The molecule has 6 N–H and O–H groups in total. The van der Waals surface area contributed by atoms with Crippen LogP contribution in [-0.2, 0) is 19.4 Å². The van der Waals surface area contributed by atoms with Gasteiger partial charge in [0.25, 0.3) is 0 Å². The Morgan fingerprint density at radius 2 is 1.92 bits per heavy atom. The molecule has 2 unspecified atom stereocenters. The van der Waals surface area contributed by atoms with Crippen molar-refractivity contribution in [2.45, 2.75) is 55.4 Å². The number of nitrogens with zero attached hydrogens (tertiary/aromatic N) is 1. The number of oxime groups is 1. The highest BCUT2D eigenvalue weighted by atomic mass is 32.3. The first-order valence-corrected chi connectivity index (χ1v) is 9.58. The Bertz CT molecular complexity index is 583. The summed E-state index contributed by atoms with van der Waals surface area (Å²) in [5.41, 5.74) is -1.29. The number of hydrogen-bond donors (Lipinski definition) is 6. The summed E-state index contributed by atoms with van der Waals surface area (Å²) in [5, 5.41) is 52.6. The first kappa shape index (κ1) is 22.6. The Balaban J connectivity index is 2.98. The molecule has 0 radical (unpaired) electrons. The summed E-state index contributed by atoms with van der Waals surface area (Å²) < 4.78 is 39.0. The van der Waals surface area contributed by atoms with Crippen molar-refractivity contribution in [2.24, 2.45) is 5.16 Å². The predicted molar refractivity (Wildman–Crippen MR) is 90.3 cm³/mol. The molecule has 0 bridgehead atoms. The second-order valence-corrected chi connectivity index (χ2v) is 7.64. The van der Waals surface area contributed by atoms with Crippen molar-refractivity contribution in [1.29, 1.82) is 0 Å². The molecule has 1 saturated heterocycles. The van der Waals surface area contributed by atoms with E-state index in [1.165, 1.54) is 6.92 Å². The number of aliphatic hydroxyl groups is 5. The van der Waals surface area contributed by atoms with Gasteiger partial charge in [-0.05, 0) is 6.92 Å². The molecule has 0 saturated carbocycles. The van der Waals surface area contributed by atoms with Gasteiger partial charge in [0.15, 0.2) is 0 Å². The van der Waals surface area contributed by atoms with Crippen molar-refractivity contribution < 1.29 is 47.5 Å². The number of thioether (sulfide) groups is 1. The molecule has 11 nitrogen and oxygen atoms in total. The van der Waals surface area contributed by atoms with Crippen molar-refractivity contribution in [3.63, 3.8) is 0 Å². The molecule has 14 heteroatoms. The Hall–Kier alpha value is -0.420. The summed E-state index contributed by atoms with van der Waals surface area (Å²) in [6, 6.07) is 0. The second-order valence-electron chi connectivity index (χ2n) is 5.19. The number of hydrogen-bond acceptors (Lipinski definition) is 12. The van der Waals surface area contributed by atoms with Gasteiger partial charge in [-0.3, -0.25) is 4.55 Å². The normalized spacial score (nSPS) is 33.6. The van der Waals surface area contributed by atoms with Crippen LogP contribution in [0.3, 0.4) is 0 Å². The smallest absolute Gasteiger partial charge is 0.391 e. The Kier molecular flexibility index (Phi) is 8.59. The third kappa shape index (κ3) is 7.01. The van der Waals surface area contributed by atoms with Crippen molar-refractivity contribution in [3.8, 4) is 0 Å². The molecule has 1 rings (SSSR count). The molecule has 1 heterocycles. The van der Waals surface area contributed by atoms with Gasteiger partial charge in [0, 0.05) is 11.8 Å². The molecule has 0 aromatic carbocycles. The molecule has 1 fully saturated rings. The topological polar surface area (TPSA) is 186 Å².